The molecule has 6 heteroatoms. The van der Waals surface area contributed by atoms with Crippen LogP contribution in [0.5, 0.6) is 0 Å². The van der Waals surface area contributed by atoms with Crippen LogP contribution in [-0.2, 0) is 0 Å². The van der Waals surface area contributed by atoms with Crippen LogP contribution in [0, 0.1) is 10.1 Å². The minimum Gasteiger partial charge on any atom is -0.265 e. The van der Waals surface area contributed by atoms with E-state index in [9.17, 15) is 10.1 Å². The first-order valence-corrected chi connectivity index (χ1v) is 4.14. The number of hydrogen-bond donors (Lipinski definition) is 0. The number of hydrogen-bond acceptors (Lipinski definition) is 3. The lowest BCUT2D eigenvalue weighted by molar-refractivity contribution is -0.427. The standard InChI is InChI=1S/C5H4BrClN2O2/c6-3-1-4(9(10)11)5(7)8-2-3/h1-3,5H. The third kappa shape index (κ3) is 2.00. The van der Waals surface area contributed by atoms with E-state index in [4.69, 9.17) is 11.6 Å². The van der Waals surface area contributed by atoms with Gasteiger partial charge in [0, 0.05) is 12.3 Å². The zero-order chi connectivity index (χ0) is 8.43. The first-order chi connectivity index (χ1) is 5.11. The second-order valence-electron chi connectivity index (χ2n) is 1.93. The molecule has 1 aliphatic heterocycles. The Morgan fingerprint density at radius 2 is 2.45 bits per heavy atom. The molecule has 4 nitrogen and oxygen atoms in total. The minimum atomic E-state index is -0.848. The Morgan fingerprint density at radius 3 is 2.91 bits per heavy atom. The predicted molar refractivity (Wildman–Crippen MR) is 45.9 cm³/mol. The van der Waals surface area contributed by atoms with E-state index in [2.05, 4.69) is 20.9 Å². The molecule has 2 unspecified atom stereocenters. The summed E-state index contributed by atoms with van der Waals surface area (Å²) in [5.41, 5.74) is -0.921. The maximum Gasteiger partial charge on any atom is 0.283 e. The lowest BCUT2D eigenvalue weighted by atomic mass is 10.3. The van der Waals surface area contributed by atoms with Crippen molar-refractivity contribution < 1.29 is 4.92 Å². The van der Waals surface area contributed by atoms with Crippen molar-refractivity contribution in [2.45, 2.75) is 10.3 Å². The van der Waals surface area contributed by atoms with E-state index in [1.807, 2.05) is 0 Å². The summed E-state index contributed by atoms with van der Waals surface area (Å²) in [7, 11) is 0. The van der Waals surface area contributed by atoms with Gasteiger partial charge in [-0.25, -0.2) is 0 Å². The molecule has 60 valence electrons. The molecule has 2 atom stereocenters. The molecule has 0 aliphatic carbocycles. The van der Waals surface area contributed by atoms with Gasteiger partial charge in [0.25, 0.3) is 5.70 Å². The highest BCUT2D eigenvalue weighted by Gasteiger charge is 2.25. The second kappa shape index (κ2) is 3.32. The number of aliphatic imine (C=N–C) groups is 1. The SMILES string of the molecule is O=[N+]([O-])C1=CC(Br)C=NC1Cl. The normalized spacial score (nSPS) is 29.8. The Morgan fingerprint density at radius 1 is 1.82 bits per heavy atom. The van der Waals surface area contributed by atoms with Crippen LogP contribution in [0.25, 0.3) is 0 Å². The zero-order valence-corrected chi connectivity index (χ0v) is 7.62. The highest BCUT2D eigenvalue weighted by Crippen LogP contribution is 2.18. The van der Waals surface area contributed by atoms with Gasteiger partial charge in [-0.3, -0.25) is 15.1 Å². The largest absolute Gasteiger partial charge is 0.283 e. The second-order valence-corrected chi connectivity index (χ2v) is 3.40. The van der Waals surface area contributed by atoms with Crippen molar-refractivity contribution in [3.63, 3.8) is 0 Å². The average Bonchev–Trinajstić information content (AvgIpc) is 1.94. The van der Waals surface area contributed by atoms with Crippen LogP contribution in [-0.4, -0.2) is 21.5 Å². The summed E-state index contributed by atoms with van der Waals surface area (Å²) in [6, 6.07) is 0. The van der Waals surface area contributed by atoms with E-state index < -0.39 is 10.4 Å². The lowest BCUT2D eigenvalue weighted by Gasteiger charge is -2.07. The lowest BCUT2D eigenvalue weighted by Crippen LogP contribution is -2.17. The van der Waals surface area contributed by atoms with Crippen molar-refractivity contribution in [3.05, 3.63) is 21.9 Å². The van der Waals surface area contributed by atoms with E-state index >= 15 is 0 Å². The van der Waals surface area contributed by atoms with E-state index in [1.165, 1.54) is 12.3 Å². The quantitative estimate of drug-likeness (QED) is 0.302. The molecule has 0 spiro atoms. The van der Waals surface area contributed by atoms with Gasteiger partial charge < -0.3 is 0 Å². The summed E-state index contributed by atoms with van der Waals surface area (Å²) in [6.07, 6.45) is 2.94. The molecule has 0 fully saturated rings. The third-order valence-corrected chi connectivity index (χ3v) is 1.98. The van der Waals surface area contributed by atoms with Gasteiger partial charge in [0.05, 0.1) is 9.75 Å². The molecule has 0 aromatic carbocycles. The molecule has 1 rings (SSSR count). The Balaban J connectivity index is 2.84. The fraction of sp³-hybridized carbons (Fsp3) is 0.400. The van der Waals surface area contributed by atoms with Gasteiger partial charge in [-0.1, -0.05) is 27.5 Å². The molecule has 1 heterocycles. The van der Waals surface area contributed by atoms with Gasteiger partial charge in [0.1, 0.15) is 0 Å². The average molecular weight is 239 g/mol. The highest BCUT2D eigenvalue weighted by molar-refractivity contribution is 9.10. The summed E-state index contributed by atoms with van der Waals surface area (Å²) < 4.78 is 0. The zero-order valence-electron chi connectivity index (χ0n) is 5.28. The smallest absolute Gasteiger partial charge is 0.265 e. The molecule has 0 saturated heterocycles. The number of halogens is 2. The molecular formula is C5H4BrClN2O2. The molecule has 1 aliphatic rings. The van der Waals surface area contributed by atoms with Crippen LogP contribution < -0.4 is 0 Å². The number of nitro groups is 1. The summed E-state index contributed by atoms with van der Waals surface area (Å²) in [6.45, 7) is 0. The van der Waals surface area contributed by atoms with E-state index in [-0.39, 0.29) is 10.5 Å². The van der Waals surface area contributed by atoms with Crippen molar-refractivity contribution in [2.75, 3.05) is 0 Å². The predicted octanol–water partition coefficient (Wildman–Crippen LogP) is 1.56. The molecule has 0 amide bonds. The molecule has 0 aromatic rings. The van der Waals surface area contributed by atoms with Gasteiger partial charge in [0.15, 0.2) is 0 Å². The Labute approximate surface area is 76.2 Å². The van der Waals surface area contributed by atoms with E-state index in [0.717, 1.165) is 0 Å². The van der Waals surface area contributed by atoms with Crippen molar-refractivity contribution in [3.8, 4) is 0 Å². The Kier molecular flexibility index (Phi) is 2.62. The molecule has 0 saturated carbocycles. The summed E-state index contributed by atoms with van der Waals surface area (Å²) in [4.78, 5) is 13.3. The van der Waals surface area contributed by atoms with Gasteiger partial charge in [-0.15, -0.1) is 0 Å². The third-order valence-electron chi connectivity index (χ3n) is 1.14. The molecule has 11 heavy (non-hydrogen) atoms. The van der Waals surface area contributed by atoms with Crippen molar-refractivity contribution in [1.82, 2.24) is 0 Å². The van der Waals surface area contributed by atoms with Crippen molar-refractivity contribution >= 4 is 33.7 Å². The molecule has 0 N–H and O–H groups in total. The monoisotopic (exact) mass is 238 g/mol. The van der Waals surface area contributed by atoms with E-state index in [0.29, 0.717) is 0 Å². The van der Waals surface area contributed by atoms with Crippen molar-refractivity contribution in [1.29, 1.82) is 0 Å². The molecular weight excluding hydrogens is 235 g/mol. The van der Waals surface area contributed by atoms with Gasteiger partial charge in [-0.05, 0) is 0 Å². The summed E-state index contributed by atoms with van der Waals surface area (Å²) in [5.74, 6) is 0. The molecule has 0 aromatic heterocycles. The topological polar surface area (TPSA) is 55.5 Å². The van der Waals surface area contributed by atoms with Crippen LogP contribution in [0.1, 0.15) is 0 Å². The fourth-order valence-corrected chi connectivity index (χ4v) is 1.29. The summed E-state index contributed by atoms with van der Waals surface area (Å²) >= 11 is 8.65. The van der Waals surface area contributed by atoms with Crippen LogP contribution in [0.15, 0.2) is 16.8 Å². The highest BCUT2D eigenvalue weighted by atomic mass is 79.9. The maximum absolute atomic E-state index is 10.3. The van der Waals surface area contributed by atoms with Crippen LogP contribution in [0.3, 0.4) is 0 Å². The molecule has 0 bridgehead atoms. The van der Waals surface area contributed by atoms with Crippen LogP contribution in [0.2, 0.25) is 0 Å². The Bertz CT molecular complexity index is 241. The minimum absolute atomic E-state index is 0.0731. The van der Waals surface area contributed by atoms with Gasteiger partial charge >= 0.3 is 0 Å². The van der Waals surface area contributed by atoms with Gasteiger partial charge in [-0.2, -0.15) is 0 Å². The first-order valence-electron chi connectivity index (χ1n) is 2.79. The Hall–Kier alpha value is -0.420. The number of nitrogens with zero attached hydrogens (tertiary/aromatic N) is 2. The molecule has 0 radical (unpaired) electrons. The first kappa shape index (κ1) is 8.67. The van der Waals surface area contributed by atoms with Crippen LogP contribution >= 0.6 is 27.5 Å². The number of rotatable bonds is 1. The number of dihydropyridines is 1. The summed E-state index contributed by atoms with van der Waals surface area (Å²) in [5, 5.41) is 10.3. The van der Waals surface area contributed by atoms with Crippen LogP contribution in [0.4, 0.5) is 0 Å². The fourth-order valence-electron chi connectivity index (χ4n) is 0.668. The maximum atomic E-state index is 10.3. The van der Waals surface area contributed by atoms with Crippen molar-refractivity contribution in [2.24, 2.45) is 4.99 Å². The van der Waals surface area contributed by atoms with Gasteiger partial charge in [0.2, 0.25) is 5.50 Å². The number of alkyl halides is 2. The van der Waals surface area contributed by atoms with E-state index in [1.54, 1.807) is 0 Å². The number of allylic oxidation sites excluding steroid dienone is 1.